The molecule has 1 aromatic carbocycles. The Morgan fingerprint density at radius 1 is 1.14 bits per heavy atom. The maximum atomic E-state index is 11.2. The van der Waals surface area contributed by atoms with E-state index in [1.54, 1.807) is 0 Å². The highest BCUT2D eigenvalue weighted by Crippen LogP contribution is 2.24. The first kappa shape index (κ1) is 16.8. The molecule has 1 rings (SSSR count). The van der Waals surface area contributed by atoms with Crippen LogP contribution in [0.1, 0.15) is 0 Å². The number of guanidine groups is 2. The van der Waals surface area contributed by atoms with E-state index in [-0.39, 0.29) is 0 Å². The van der Waals surface area contributed by atoms with Crippen LogP contribution in [-0.2, 0) is 20.2 Å². The molecule has 0 radical (unpaired) electrons. The fourth-order valence-electron chi connectivity index (χ4n) is 1.29. The lowest BCUT2D eigenvalue weighted by Gasteiger charge is -2.10. The maximum absolute atomic E-state index is 11.2. The third-order valence-corrected chi connectivity index (χ3v) is 3.79. The zero-order valence-electron chi connectivity index (χ0n) is 10.2. The van der Waals surface area contributed by atoms with Gasteiger partial charge in [-0.1, -0.05) is 0 Å². The van der Waals surface area contributed by atoms with Crippen LogP contribution in [0.5, 0.6) is 0 Å². The normalized spacial score (nSPS) is 13.0. The van der Waals surface area contributed by atoms with E-state index in [1.165, 1.54) is 0 Å². The summed E-state index contributed by atoms with van der Waals surface area (Å²) in [7, 11) is -9.31. The molecule has 1 aromatic rings. The number of rotatable bonds is 3. The lowest BCUT2D eigenvalue weighted by molar-refractivity contribution is 0.479. The zero-order chi connectivity index (χ0) is 16.4. The number of nitrogens with two attached hydrogens (primary N) is 2. The summed E-state index contributed by atoms with van der Waals surface area (Å²) < 4.78 is 62.3. The number of aliphatic imine (C=N–C) groups is 1. The van der Waals surface area contributed by atoms with Crippen LogP contribution in [0.3, 0.4) is 0 Å². The number of anilines is 1. The summed E-state index contributed by atoms with van der Waals surface area (Å²) in [5.74, 6) is -1.22. The van der Waals surface area contributed by atoms with Crippen LogP contribution in [0, 0.1) is 5.41 Å². The van der Waals surface area contributed by atoms with Gasteiger partial charge in [-0.05, 0) is 18.2 Å². The molecule has 0 spiro atoms. The van der Waals surface area contributed by atoms with E-state index in [1.807, 2.05) is 0 Å². The van der Waals surface area contributed by atoms with Gasteiger partial charge in [-0.25, -0.2) is 0 Å². The molecule has 0 saturated heterocycles. The Hall–Kier alpha value is -2.22. The van der Waals surface area contributed by atoms with Crippen molar-refractivity contribution in [3.05, 3.63) is 18.2 Å². The van der Waals surface area contributed by atoms with Gasteiger partial charge in [-0.2, -0.15) is 21.8 Å². The van der Waals surface area contributed by atoms with Crippen molar-refractivity contribution in [2.24, 2.45) is 16.5 Å². The summed E-state index contributed by atoms with van der Waals surface area (Å²) in [6, 6.07) is 2.21. The zero-order valence-corrected chi connectivity index (χ0v) is 11.8. The molecule has 13 heteroatoms. The fourth-order valence-corrected chi connectivity index (χ4v) is 2.42. The largest absolute Gasteiger partial charge is 0.369 e. The third-order valence-electron chi connectivity index (χ3n) is 2.03. The highest BCUT2D eigenvalue weighted by molar-refractivity contribution is 7.86. The highest BCUT2D eigenvalue weighted by Gasteiger charge is 2.20. The van der Waals surface area contributed by atoms with E-state index in [0.29, 0.717) is 6.07 Å². The van der Waals surface area contributed by atoms with Gasteiger partial charge in [0.05, 0.1) is 10.6 Å². The molecule has 0 aliphatic heterocycles. The van der Waals surface area contributed by atoms with Gasteiger partial charge in [-0.15, -0.1) is 0 Å². The molecular weight excluding hydrogens is 326 g/mol. The molecule has 0 aliphatic rings. The lowest BCUT2D eigenvalue weighted by atomic mass is 10.3. The second-order valence-electron chi connectivity index (χ2n) is 3.62. The summed E-state index contributed by atoms with van der Waals surface area (Å²) >= 11 is 0. The van der Waals surface area contributed by atoms with Crippen molar-refractivity contribution < 1.29 is 25.9 Å². The number of hydrogen-bond acceptors (Lipinski definition) is 5. The minimum absolute atomic E-state index is 0.477. The third kappa shape index (κ3) is 4.67. The molecule has 11 nitrogen and oxygen atoms in total. The average molecular weight is 337 g/mol. The second-order valence-corrected chi connectivity index (χ2v) is 6.43. The molecule has 0 bridgehead atoms. The standard InChI is InChI=1S/C8H11N5O6S2/c9-7(10)13-8(11)12-5-3-4(20(14,15)16)1-2-6(5)21(17,18)19/h1-3H,(H,14,15,16)(H,17,18,19)(H6,9,10,11,12,13). The van der Waals surface area contributed by atoms with Crippen LogP contribution in [-0.4, -0.2) is 37.9 Å². The van der Waals surface area contributed by atoms with Crippen LogP contribution in [0.2, 0.25) is 0 Å². The van der Waals surface area contributed by atoms with Gasteiger partial charge in [0.15, 0.2) is 0 Å². The highest BCUT2D eigenvalue weighted by atomic mass is 32.2. The molecule has 0 saturated carbocycles. The SMILES string of the molecule is N=C(N)/N=C(\N)Nc1cc(S(=O)(=O)O)ccc1S(=O)(=O)O. The summed E-state index contributed by atoms with van der Waals surface area (Å²) in [5, 5.41) is 9.03. The van der Waals surface area contributed by atoms with Crippen LogP contribution in [0.15, 0.2) is 33.0 Å². The fraction of sp³-hybridized carbons (Fsp3) is 0. The summed E-state index contributed by atoms with van der Waals surface area (Å²) in [6.07, 6.45) is 0. The van der Waals surface area contributed by atoms with Crippen molar-refractivity contribution in [3.8, 4) is 0 Å². The molecule has 0 amide bonds. The molecule has 0 atom stereocenters. The van der Waals surface area contributed by atoms with Crippen molar-refractivity contribution in [1.29, 1.82) is 5.41 Å². The molecule has 0 aromatic heterocycles. The average Bonchev–Trinajstić information content (AvgIpc) is 2.24. The van der Waals surface area contributed by atoms with Crippen molar-refractivity contribution in [2.45, 2.75) is 9.79 Å². The quantitative estimate of drug-likeness (QED) is 0.222. The Balaban J connectivity index is 3.48. The molecule has 116 valence electrons. The van der Waals surface area contributed by atoms with Crippen LogP contribution in [0.25, 0.3) is 0 Å². The molecule has 0 aliphatic carbocycles. The first-order chi connectivity index (χ1) is 9.41. The first-order valence-electron chi connectivity index (χ1n) is 4.95. The maximum Gasteiger partial charge on any atom is 0.296 e. The molecular formula is C8H11N5O6S2. The predicted octanol–water partition coefficient (Wildman–Crippen LogP) is -1.20. The van der Waals surface area contributed by atoms with Gasteiger partial charge >= 0.3 is 0 Å². The van der Waals surface area contributed by atoms with Crippen molar-refractivity contribution in [2.75, 3.05) is 5.32 Å². The Bertz CT molecular complexity index is 814. The van der Waals surface area contributed by atoms with Gasteiger partial charge < -0.3 is 16.8 Å². The summed E-state index contributed by atoms with van der Waals surface area (Å²) in [4.78, 5) is 1.89. The Kier molecular flexibility index (Phi) is 4.52. The summed E-state index contributed by atoms with van der Waals surface area (Å²) in [6.45, 7) is 0. The van der Waals surface area contributed by atoms with Crippen molar-refractivity contribution in [1.82, 2.24) is 0 Å². The second kappa shape index (κ2) is 5.65. The molecule has 0 fully saturated rings. The van der Waals surface area contributed by atoms with Gasteiger partial charge in [0, 0.05) is 0 Å². The van der Waals surface area contributed by atoms with E-state index in [9.17, 15) is 16.8 Å². The monoisotopic (exact) mass is 337 g/mol. The van der Waals surface area contributed by atoms with E-state index in [0.717, 1.165) is 12.1 Å². The number of nitrogens with one attached hydrogen (secondary N) is 2. The number of nitrogens with zero attached hydrogens (tertiary/aromatic N) is 1. The van der Waals surface area contributed by atoms with E-state index < -0.39 is 47.6 Å². The molecule has 8 N–H and O–H groups in total. The lowest BCUT2D eigenvalue weighted by Crippen LogP contribution is -2.26. The predicted molar refractivity (Wildman–Crippen MR) is 73.2 cm³/mol. The Labute approximate surface area is 119 Å². The molecule has 0 unspecified atom stereocenters. The Morgan fingerprint density at radius 2 is 1.71 bits per heavy atom. The first-order valence-corrected chi connectivity index (χ1v) is 7.83. The van der Waals surface area contributed by atoms with Gasteiger partial charge in [0.25, 0.3) is 20.2 Å². The minimum Gasteiger partial charge on any atom is -0.369 e. The van der Waals surface area contributed by atoms with Crippen LogP contribution < -0.4 is 16.8 Å². The molecule has 0 heterocycles. The van der Waals surface area contributed by atoms with Gasteiger partial charge in [0.1, 0.15) is 4.90 Å². The summed E-state index contributed by atoms with van der Waals surface area (Å²) in [5.41, 5.74) is 9.77. The van der Waals surface area contributed by atoms with Gasteiger partial charge in [0.2, 0.25) is 11.9 Å². The topological polar surface area (TPSA) is 209 Å². The van der Waals surface area contributed by atoms with E-state index in [2.05, 4.69) is 10.3 Å². The van der Waals surface area contributed by atoms with Gasteiger partial charge in [-0.3, -0.25) is 14.5 Å². The smallest absolute Gasteiger partial charge is 0.296 e. The van der Waals surface area contributed by atoms with E-state index >= 15 is 0 Å². The van der Waals surface area contributed by atoms with Crippen LogP contribution in [0.4, 0.5) is 5.69 Å². The molecule has 21 heavy (non-hydrogen) atoms. The van der Waals surface area contributed by atoms with Crippen molar-refractivity contribution in [3.63, 3.8) is 0 Å². The number of benzene rings is 1. The number of hydrogen-bond donors (Lipinski definition) is 6. The minimum atomic E-state index is -4.70. The van der Waals surface area contributed by atoms with Crippen LogP contribution >= 0.6 is 0 Å². The Morgan fingerprint density at radius 3 is 2.14 bits per heavy atom. The van der Waals surface area contributed by atoms with Crippen molar-refractivity contribution >= 4 is 37.8 Å². The van der Waals surface area contributed by atoms with E-state index in [4.69, 9.17) is 26.0 Å².